The van der Waals surface area contributed by atoms with E-state index >= 15 is 0 Å². The van der Waals surface area contributed by atoms with Crippen LogP contribution in [0, 0.1) is 0 Å². The molecule has 3 rings (SSSR count). The molecule has 2 fully saturated rings. The Hall–Kier alpha value is -0.775. The zero-order valence-electron chi connectivity index (χ0n) is 12.3. The third-order valence-electron chi connectivity index (χ3n) is 4.16. The van der Waals surface area contributed by atoms with E-state index in [1.807, 2.05) is 33.8 Å². The molecule has 0 atom stereocenters. The summed E-state index contributed by atoms with van der Waals surface area (Å²) in [5.41, 5.74) is 0.0810. The van der Waals surface area contributed by atoms with Crippen LogP contribution in [0.5, 0.6) is 5.88 Å². The molecule has 0 bridgehead atoms. The largest absolute Gasteiger partial charge is 0.496 e. The van der Waals surface area contributed by atoms with Gasteiger partial charge in [-0.25, -0.2) is 4.98 Å². The van der Waals surface area contributed by atoms with Crippen molar-refractivity contribution in [3.05, 3.63) is 17.3 Å². The maximum Gasteiger partial charge on any atom is 0.496 e. The number of nitrogens with zero attached hydrogens (tertiary/aromatic N) is 1. The average molecular weight is 296 g/mol. The monoisotopic (exact) mass is 295 g/mol. The van der Waals surface area contributed by atoms with Crippen molar-refractivity contribution in [2.24, 2.45) is 0 Å². The maximum atomic E-state index is 6.22. The maximum absolute atomic E-state index is 6.22. The zero-order chi connectivity index (χ0) is 14.5. The summed E-state index contributed by atoms with van der Waals surface area (Å²) in [4.78, 5) is 4.28. The highest BCUT2D eigenvalue weighted by atomic mass is 35.5. The Kier molecular flexibility index (Phi) is 3.27. The quantitative estimate of drug-likeness (QED) is 0.804. The van der Waals surface area contributed by atoms with Crippen molar-refractivity contribution in [1.82, 2.24) is 4.98 Å². The van der Waals surface area contributed by atoms with Gasteiger partial charge >= 0.3 is 7.12 Å². The van der Waals surface area contributed by atoms with Crippen LogP contribution in [0.2, 0.25) is 5.02 Å². The van der Waals surface area contributed by atoms with E-state index in [9.17, 15) is 0 Å². The van der Waals surface area contributed by atoms with E-state index in [1.165, 1.54) is 0 Å². The van der Waals surface area contributed by atoms with E-state index in [0.717, 1.165) is 18.3 Å². The molecule has 4 nitrogen and oxygen atoms in total. The molecule has 1 aromatic heterocycles. The average Bonchev–Trinajstić information content (AvgIpc) is 3.10. The zero-order valence-corrected chi connectivity index (χ0v) is 13.0. The Bertz CT molecular complexity index is 515. The summed E-state index contributed by atoms with van der Waals surface area (Å²) in [5, 5.41) is 0.504. The van der Waals surface area contributed by atoms with Gasteiger partial charge in [0, 0.05) is 11.7 Å². The van der Waals surface area contributed by atoms with Crippen molar-refractivity contribution < 1.29 is 14.0 Å². The summed E-state index contributed by atoms with van der Waals surface area (Å²) >= 11 is 6.22. The van der Waals surface area contributed by atoms with Crippen LogP contribution >= 0.6 is 11.6 Å². The van der Waals surface area contributed by atoms with Gasteiger partial charge in [0.2, 0.25) is 5.88 Å². The van der Waals surface area contributed by atoms with E-state index in [1.54, 1.807) is 6.20 Å². The van der Waals surface area contributed by atoms with E-state index in [-0.39, 0.29) is 17.3 Å². The van der Waals surface area contributed by atoms with Crippen molar-refractivity contribution in [2.45, 2.75) is 57.8 Å². The molecule has 0 N–H and O–H groups in total. The van der Waals surface area contributed by atoms with Crippen LogP contribution in [0.15, 0.2) is 12.3 Å². The summed E-state index contributed by atoms with van der Waals surface area (Å²) in [6, 6.07) is 1.81. The molecule has 108 valence electrons. The second-order valence-electron chi connectivity index (χ2n) is 6.46. The minimum Gasteiger partial charge on any atom is -0.473 e. The van der Waals surface area contributed by atoms with Gasteiger partial charge in [-0.2, -0.15) is 0 Å². The Balaban J connectivity index is 1.79. The SMILES string of the molecule is CC1(C)OB(c2cnc(OC3CC3)c(Cl)c2)OC1(C)C. The van der Waals surface area contributed by atoms with E-state index in [2.05, 4.69) is 4.98 Å². The molecule has 1 aliphatic heterocycles. The third kappa shape index (κ3) is 2.54. The standard InChI is InChI=1S/C14H19BClNO3/c1-13(2)14(3,4)20-15(19-13)9-7-11(16)12(17-8-9)18-10-5-6-10/h7-8,10H,5-6H2,1-4H3. The highest BCUT2D eigenvalue weighted by Crippen LogP contribution is 2.37. The van der Waals surface area contributed by atoms with Gasteiger partial charge in [0.25, 0.3) is 0 Å². The number of pyridine rings is 1. The van der Waals surface area contributed by atoms with Crippen LogP contribution in [0.25, 0.3) is 0 Å². The molecule has 6 heteroatoms. The van der Waals surface area contributed by atoms with E-state index < -0.39 is 7.12 Å². The summed E-state index contributed by atoms with van der Waals surface area (Å²) in [7, 11) is -0.444. The molecule has 0 unspecified atom stereocenters. The predicted molar refractivity (Wildman–Crippen MR) is 78.6 cm³/mol. The fraction of sp³-hybridized carbons (Fsp3) is 0.643. The lowest BCUT2D eigenvalue weighted by molar-refractivity contribution is 0.00578. The van der Waals surface area contributed by atoms with Gasteiger partial charge in [-0.05, 0) is 46.6 Å². The molecule has 0 spiro atoms. The first-order chi connectivity index (χ1) is 9.28. The fourth-order valence-corrected chi connectivity index (χ4v) is 2.20. The van der Waals surface area contributed by atoms with Crippen LogP contribution in [0.3, 0.4) is 0 Å². The Morgan fingerprint density at radius 3 is 2.35 bits per heavy atom. The van der Waals surface area contributed by atoms with Gasteiger partial charge in [0.15, 0.2) is 0 Å². The lowest BCUT2D eigenvalue weighted by atomic mass is 9.80. The minimum absolute atomic E-state index is 0.280. The highest BCUT2D eigenvalue weighted by Gasteiger charge is 2.51. The van der Waals surface area contributed by atoms with Gasteiger partial charge in [-0.15, -0.1) is 0 Å². The summed E-state index contributed by atoms with van der Waals surface area (Å²) in [6.07, 6.45) is 4.15. The predicted octanol–water partition coefficient (Wildman–Crippen LogP) is 2.58. The first kappa shape index (κ1) is 14.2. The normalized spacial score (nSPS) is 23.9. The molecule has 0 amide bonds. The molecular weight excluding hydrogens is 276 g/mol. The fourth-order valence-electron chi connectivity index (χ4n) is 1.98. The smallest absolute Gasteiger partial charge is 0.473 e. The van der Waals surface area contributed by atoms with Crippen LogP contribution in [-0.4, -0.2) is 29.4 Å². The summed E-state index contributed by atoms with van der Waals surface area (Å²) in [5.74, 6) is 0.495. The van der Waals surface area contributed by atoms with Crippen LogP contribution in [0.1, 0.15) is 40.5 Å². The third-order valence-corrected chi connectivity index (χ3v) is 4.43. The lowest BCUT2D eigenvalue weighted by Gasteiger charge is -2.32. The van der Waals surface area contributed by atoms with Crippen molar-refractivity contribution in [1.29, 1.82) is 0 Å². The Labute approximate surface area is 124 Å². The van der Waals surface area contributed by atoms with Crippen molar-refractivity contribution in [2.75, 3.05) is 0 Å². The Morgan fingerprint density at radius 1 is 1.25 bits per heavy atom. The van der Waals surface area contributed by atoms with Crippen LogP contribution in [-0.2, 0) is 9.31 Å². The lowest BCUT2D eigenvalue weighted by Crippen LogP contribution is -2.41. The number of hydrogen-bond acceptors (Lipinski definition) is 4. The minimum atomic E-state index is -0.444. The van der Waals surface area contributed by atoms with Crippen molar-refractivity contribution in [3.63, 3.8) is 0 Å². The molecule has 2 heterocycles. The van der Waals surface area contributed by atoms with E-state index in [4.69, 9.17) is 25.6 Å². The van der Waals surface area contributed by atoms with Crippen LogP contribution in [0.4, 0.5) is 0 Å². The van der Waals surface area contributed by atoms with Crippen LogP contribution < -0.4 is 10.2 Å². The van der Waals surface area contributed by atoms with Gasteiger partial charge in [-0.3, -0.25) is 0 Å². The number of halogens is 1. The van der Waals surface area contributed by atoms with Gasteiger partial charge in [-0.1, -0.05) is 11.6 Å². The van der Waals surface area contributed by atoms with Gasteiger partial charge in [0.1, 0.15) is 11.1 Å². The topological polar surface area (TPSA) is 40.6 Å². The number of ether oxygens (including phenoxy) is 1. The molecule has 20 heavy (non-hydrogen) atoms. The number of aromatic nitrogens is 1. The molecule has 1 aliphatic carbocycles. The van der Waals surface area contributed by atoms with Gasteiger partial charge in [0.05, 0.1) is 11.2 Å². The first-order valence-electron chi connectivity index (χ1n) is 6.96. The van der Waals surface area contributed by atoms with Crippen molar-refractivity contribution in [3.8, 4) is 5.88 Å². The molecule has 1 aromatic rings. The second kappa shape index (κ2) is 4.62. The number of hydrogen-bond donors (Lipinski definition) is 0. The number of rotatable bonds is 3. The molecule has 0 aromatic carbocycles. The first-order valence-corrected chi connectivity index (χ1v) is 7.34. The molecule has 0 radical (unpaired) electrons. The molecule has 2 aliphatic rings. The van der Waals surface area contributed by atoms with Crippen molar-refractivity contribution >= 4 is 24.2 Å². The second-order valence-corrected chi connectivity index (χ2v) is 6.87. The Morgan fingerprint density at radius 2 is 1.85 bits per heavy atom. The van der Waals surface area contributed by atoms with Gasteiger partial charge < -0.3 is 14.0 Å². The highest BCUT2D eigenvalue weighted by molar-refractivity contribution is 6.62. The summed E-state index contributed by atoms with van der Waals surface area (Å²) < 4.78 is 17.6. The summed E-state index contributed by atoms with van der Waals surface area (Å²) in [6.45, 7) is 8.08. The molecular formula is C14H19BClNO3. The van der Waals surface area contributed by atoms with E-state index in [0.29, 0.717) is 10.9 Å². The molecule has 1 saturated carbocycles. The molecule has 1 saturated heterocycles.